The van der Waals surface area contributed by atoms with E-state index in [2.05, 4.69) is 50.3 Å². The van der Waals surface area contributed by atoms with E-state index < -0.39 is 0 Å². The van der Waals surface area contributed by atoms with Crippen LogP contribution in [0.15, 0.2) is 30.6 Å². The number of anilines is 3. The topological polar surface area (TPSA) is 68.1 Å². The van der Waals surface area contributed by atoms with Gasteiger partial charge in [-0.2, -0.15) is 5.26 Å². The molecule has 0 spiro atoms. The van der Waals surface area contributed by atoms with Crippen molar-refractivity contribution in [2.24, 2.45) is 0 Å². The minimum absolute atomic E-state index is 0.504. The maximum Gasteiger partial charge on any atom is 0.132 e. The fraction of sp³-hybridized carbons (Fsp3) is 0.435. The smallest absolute Gasteiger partial charge is 0.132 e. The molecule has 1 N–H and O–H groups in total. The van der Waals surface area contributed by atoms with Crippen LogP contribution in [0.5, 0.6) is 0 Å². The van der Waals surface area contributed by atoms with Gasteiger partial charge in [0.25, 0.3) is 0 Å². The minimum atomic E-state index is 0.504. The Hall–Kier alpha value is -2.69. The fourth-order valence-electron chi connectivity index (χ4n) is 4.64. The van der Waals surface area contributed by atoms with Gasteiger partial charge in [0.15, 0.2) is 0 Å². The molecule has 0 aromatic carbocycles. The van der Waals surface area contributed by atoms with E-state index in [-0.39, 0.29) is 0 Å². The summed E-state index contributed by atoms with van der Waals surface area (Å²) in [7, 11) is 2.16. The van der Waals surface area contributed by atoms with Crippen molar-refractivity contribution in [3.8, 4) is 6.07 Å². The van der Waals surface area contributed by atoms with Crippen LogP contribution in [-0.2, 0) is 0 Å². The number of aromatic nitrogens is 2. The van der Waals surface area contributed by atoms with Crippen molar-refractivity contribution in [2.45, 2.75) is 31.6 Å². The van der Waals surface area contributed by atoms with Gasteiger partial charge in [-0.1, -0.05) is 12.8 Å². The summed E-state index contributed by atoms with van der Waals surface area (Å²) in [5, 5.41) is 14.2. The molecule has 0 atom stereocenters. The van der Waals surface area contributed by atoms with Crippen molar-refractivity contribution >= 4 is 38.7 Å². The van der Waals surface area contributed by atoms with E-state index >= 15 is 0 Å². The molecule has 0 radical (unpaired) electrons. The van der Waals surface area contributed by atoms with Gasteiger partial charge in [0.1, 0.15) is 22.6 Å². The zero-order valence-electron chi connectivity index (χ0n) is 17.3. The number of fused-ring (bicyclic) bond motifs is 1. The average Bonchev–Trinajstić information content (AvgIpc) is 3.42. The Morgan fingerprint density at radius 3 is 2.53 bits per heavy atom. The highest BCUT2D eigenvalue weighted by Crippen LogP contribution is 2.43. The van der Waals surface area contributed by atoms with Crippen molar-refractivity contribution in [3.05, 3.63) is 41.0 Å². The third-order valence-electron chi connectivity index (χ3n) is 6.35. The summed E-state index contributed by atoms with van der Waals surface area (Å²) in [6, 6.07) is 8.66. The van der Waals surface area contributed by atoms with Gasteiger partial charge in [-0.3, -0.25) is 0 Å². The Morgan fingerprint density at radius 1 is 1.07 bits per heavy atom. The van der Waals surface area contributed by atoms with Gasteiger partial charge in [0, 0.05) is 37.8 Å². The summed E-state index contributed by atoms with van der Waals surface area (Å²) < 4.78 is 1.09. The Labute approximate surface area is 181 Å². The number of likely N-dealkylation sites (N-methyl/N-ethyl adjacent to an activating group) is 1. The minimum Gasteiger partial charge on any atom is -0.368 e. The molecule has 3 aromatic rings. The number of thiophene rings is 1. The number of hydrogen-bond acceptors (Lipinski definition) is 7. The second-order valence-corrected chi connectivity index (χ2v) is 9.37. The molecule has 3 aromatic heterocycles. The second-order valence-electron chi connectivity index (χ2n) is 8.32. The first kappa shape index (κ1) is 19.3. The third-order valence-corrected chi connectivity index (χ3v) is 7.41. The van der Waals surface area contributed by atoms with Gasteiger partial charge >= 0.3 is 0 Å². The van der Waals surface area contributed by atoms with Crippen LogP contribution >= 0.6 is 11.3 Å². The van der Waals surface area contributed by atoms with Gasteiger partial charge in [-0.05, 0) is 49.6 Å². The summed E-state index contributed by atoms with van der Waals surface area (Å²) in [6.07, 6.45) is 8.70. The van der Waals surface area contributed by atoms with E-state index in [0.29, 0.717) is 5.92 Å². The third kappa shape index (κ3) is 3.73. The fourth-order valence-corrected chi connectivity index (χ4v) is 5.67. The molecule has 30 heavy (non-hydrogen) atoms. The van der Waals surface area contributed by atoms with E-state index in [1.807, 2.05) is 18.5 Å². The predicted octanol–water partition coefficient (Wildman–Crippen LogP) is 4.72. The second kappa shape index (κ2) is 8.21. The van der Waals surface area contributed by atoms with Crippen LogP contribution in [0.25, 0.3) is 10.1 Å². The number of pyridine rings is 2. The molecule has 1 saturated heterocycles. The zero-order chi connectivity index (χ0) is 20.5. The maximum atomic E-state index is 9.64. The first-order valence-corrected chi connectivity index (χ1v) is 11.5. The van der Waals surface area contributed by atoms with Crippen LogP contribution in [0.2, 0.25) is 0 Å². The molecular weight excluding hydrogens is 392 g/mol. The molecule has 1 aliphatic carbocycles. The van der Waals surface area contributed by atoms with Crippen LogP contribution in [0.3, 0.4) is 0 Å². The summed E-state index contributed by atoms with van der Waals surface area (Å²) in [6.45, 7) is 4.23. The number of rotatable bonds is 4. The first-order chi connectivity index (χ1) is 14.7. The number of nitrogens with zero attached hydrogens (tertiary/aromatic N) is 5. The molecular formula is C23H26N6S. The van der Waals surface area contributed by atoms with Crippen LogP contribution in [0.4, 0.5) is 17.3 Å². The highest BCUT2D eigenvalue weighted by Gasteiger charge is 2.24. The number of piperazine rings is 1. The lowest BCUT2D eigenvalue weighted by Crippen LogP contribution is -2.44. The standard InChI is InChI=1S/C23H26N6S/c1-28-8-10-29(11-9-28)17-6-7-21(25-14-17)27-22-12-18-20(15-26-22)30-19(13-24)23(18)16-4-2-3-5-16/h6-7,12,14-16H,2-5,8-11H2,1H3,(H,25,26,27). The van der Waals surface area contributed by atoms with E-state index in [9.17, 15) is 5.26 Å². The summed E-state index contributed by atoms with van der Waals surface area (Å²) in [4.78, 5) is 14.8. The van der Waals surface area contributed by atoms with E-state index in [1.165, 1.54) is 36.6 Å². The monoisotopic (exact) mass is 418 g/mol. The van der Waals surface area contributed by atoms with Crippen LogP contribution < -0.4 is 10.2 Å². The lowest BCUT2D eigenvalue weighted by atomic mass is 9.95. The molecule has 0 amide bonds. The number of nitrogens with one attached hydrogen (secondary N) is 1. The van der Waals surface area contributed by atoms with Crippen LogP contribution in [-0.4, -0.2) is 48.1 Å². The van der Waals surface area contributed by atoms with Crippen molar-refractivity contribution < 1.29 is 0 Å². The number of hydrogen-bond donors (Lipinski definition) is 1. The van der Waals surface area contributed by atoms with Gasteiger partial charge in [0.2, 0.25) is 0 Å². The van der Waals surface area contributed by atoms with Crippen molar-refractivity contribution in [2.75, 3.05) is 43.4 Å². The van der Waals surface area contributed by atoms with Gasteiger partial charge in [-0.15, -0.1) is 11.3 Å². The molecule has 1 saturated carbocycles. The van der Waals surface area contributed by atoms with Gasteiger partial charge in [0.05, 0.1) is 16.6 Å². The molecule has 5 rings (SSSR count). The molecule has 2 aliphatic rings. The maximum absolute atomic E-state index is 9.64. The molecule has 4 heterocycles. The highest BCUT2D eigenvalue weighted by molar-refractivity contribution is 7.19. The lowest BCUT2D eigenvalue weighted by molar-refractivity contribution is 0.313. The first-order valence-electron chi connectivity index (χ1n) is 10.7. The van der Waals surface area contributed by atoms with Crippen molar-refractivity contribution in [3.63, 3.8) is 0 Å². The Balaban J connectivity index is 1.37. The molecule has 0 bridgehead atoms. The lowest BCUT2D eigenvalue weighted by Gasteiger charge is -2.33. The van der Waals surface area contributed by atoms with E-state index in [4.69, 9.17) is 0 Å². The Morgan fingerprint density at radius 2 is 1.83 bits per heavy atom. The Kier molecular flexibility index (Phi) is 5.28. The van der Waals surface area contributed by atoms with E-state index in [1.54, 1.807) is 11.3 Å². The highest BCUT2D eigenvalue weighted by atomic mass is 32.1. The summed E-state index contributed by atoms with van der Waals surface area (Å²) in [5.41, 5.74) is 2.40. The normalized spacial score (nSPS) is 18.1. The molecule has 7 heteroatoms. The largest absolute Gasteiger partial charge is 0.368 e. The molecule has 0 unspecified atom stereocenters. The molecule has 2 fully saturated rings. The Bertz CT molecular complexity index is 1070. The SMILES string of the molecule is CN1CCN(c2ccc(Nc3cc4c(C5CCCC5)c(C#N)sc4cn3)nc2)CC1. The van der Waals surface area contributed by atoms with E-state index in [0.717, 1.165) is 53.1 Å². The molecule has 1 aliphatic heterocycles. The summed E-state index contributed by atoms with van der Waals surface area (Å²) >= 11 is 1.57. The number of nitriles is 1. The van der Waals surface area contributed by atoms with Gasteiger partial charge < -0.3 is 15.1 Å². The van der Waals surface area contributed by atoms with Crippen molar-refractivity contribution in [1.29, 1.82) is 5.26 Å². The van der Waals surface area contributed by atoms with Crippen LogP contribution in [0, 0.1) is 11.3 Å². The van der Waals surface area contributed by atoms with Gasteiger partial charge in [-0.25, -0.2) is 9.97 Å². The van der Waals surface area contributed by atoms with Crippen molar-refractivity contribution in [1.82, 2.24) is 14.9 Å². The molecule has 154 valence electrons. The quantitative estimate of drug-likeness (QED) is 0.661. The zero-order valence-corrected chi connectivity index (χ0v) is 18.1. The predicted molar refractivity (Wildman–Crippen MR) is 123 cm³/mol. The van der Waals surface area contributed by atoms with Crippen LogP contribution in [0.1, 0.15) is 42.0 Å². The average molecular weight is 419 g/mol. The molecule has 6 nitrogen and oxygen atoms in total. The summed E-state index contributed by atoms with van der Waals surface area (Å²) in [5.74, 6) is 2.08.